The van der Waals surface area contributed by atoms with Gasteiger partial charge in [-0.15, -0.1) is 0 Å². The van der Waals surface area contributed by atoms with Gasteiger partial charge in [-0.1, -0.05) is 13.0 Å². The minimum atomic E-state index is -3.60. The summed E-state index contributed by atoms with van der Waals surface area (Å²) in [7, 11) is -4.66. The van der Waals surface area contributed by atoms with Crippen LogP contribution in [-0.4, -0.2) is 30.7 Å². The summed E-state index contributed by atoms with van der Waals surface area (Å²) in [5.74, 6) is 0. The van der Waals surface area contributed by atoms with Gasteiger partial charge < -0.3 is 5.73 Å². The van der Waals surface area contributed by atoms with Crippen LogP contribution in [0.1, 0.15) is 19.4 Å². The van der Waals surface area contributed by atoms with Crippen molar-refractivity contribution in [1.82, 2.24) is 4.72 Å². The maximum Gasteiger partial charge on any atom is 0.240 e. The second-order valence-electron chi connectivity index (χ2n) is 4.38. The van der Waals surface area contributed by atoms with E-state index >= 15 is 0 Å². The molecule has 1 aromatic carbocycles. The Morgan fingerprint density at radius 1 is 1.42 bits per heavy atom. The average Bonchev–Trinajstić information content (AvgIpc) is 2.35. The van der Waals surface area contributed by atoms with Gasteiger partial charge in [-0.05, 0) is 31.0 Å². The molecule has 5 nitrogen and oxygen atoms in total. The lowest BCUT2D eigenvalue weighted by molar-refractivity contribution is 0.580. The fourth-order valence-corrected chi connectivity index (χ4v) is 3.08. The number of aryl methyl sites for hydroxylation is 1. The summed E-state index contributed by atoms with van der Waals surface area (Å²) >= 11 is 0. The molecule has 0 spiro atoms. The molecule has 0 amide bonds. The summed E-state index contributed by atoms with van der Waals surface area (Å²) in [5, 5.41) is -0.234. The van der Waals surface area contributed by atoms with Crippen LogP contribution in [0.5, 0.6) is 0 Å². The first-order valence-electron chi connectivity index (χ1n) is 5.98. The quantitative estimate of drug-likeness (QED) is 0.763. The molecule has 7 heteroatoms. The smallest absolute Gasteiger partial charge is 0.240 e. The Morgan fingerprint density at radius 2 is 2.05 bits per heavy atom. The topological polar surface area (TPSA) is 89.3 Å². The fraction of sp³-hybridized carbons (Fsp3) is 0.500. The molecule has 0 fully saturated rings. The van der Waals surface area contributed by atoms with Crippen molar-refractivity contribution in [3.8, 4) is 0 Å². The summed E-state index contributed by atoms with van der Waals surface area (Å²) in [4.78, 5) is 0.135. The van der Waals surface area contributed by atoms with Crippen molar-refractivity contribution in [3.63, 3.8) is 0 Å². The van der Waals surface area contributed by atoms with Gasteiger partial charge in [-0.2, -0.15) is 0 Å². The zero-order chi connectivity index (χ0) is 14.6. The minimum absolute atomic E-state index is 0.135. The van der Waals surface area contributed by atoms with Gasteiger partial charge in [0.2, 0.25) is 10.0 Å². The van der Waals surface area contributed by atoms with Gasteiger partial charge in [0.05, 0.1) is 4.90 Å². The number of hydrogen-bond donors (Lipinski definition) is 2. The van der Waals surface area contributed by atoms with E-state index < -0.39 is 20.8 Å². The van der Waals surface area contributed by atoms with E-state index in [1.54, 1.807) is 19.2 Å². The molecule has 1 rings (SSSR count). The largest absolute Gasteiger partial charge is 0.398 e. The highest BCUT2D eigenvalue weighted by atomic mass is 32.2. The van der Waals surface area contributed by atoms with E-state index in [1.165, 1.54) is 12.1 Å². The van der Waals surface area contributed by atoms with E-state index in [0.717, 1.165) is 12.0 Å². The molecule has 0 aromatic heterocycles. The van der Waals surface area contributed by atoms with Gasteiger partial charge in [0, 0.05) is 34.5 Å². The number of rotatable bonds is 6. The van der Waals surface area contributed by atoms with Crippen LogP contribution < -0.4 is 10.5 Å². The summed E-state index contributed by atoms with van der Waals surface area (Å²) in [6.45, 7) is 3.82. The number of benzene rings is 1. The normalized spacial score (nSPS) is 15.1. The van der Waals surface area contributed by atoms with Crippen molar-refractivity contribution < 1.29 is 12.6 Å². The second kappa shape index (κ2) is 6.49. The summed E-state index contributed by atoms with van der Waals surface area (Å²) < 4.78 is 37.7. The SMILES string of the molecule is CCc1ccc(S(=O)(=O)NCC(C)S(C)=O)cc1N. The zero-order valence-corrected chi connectivity index (χ0v) is 13.0. The first-order valence-corrected chi connectivity index (χ1v) is 9.08. The summed E-state index contributed by atoms with van der Waals surface area (Å²) in [6.07, 6.45) is 2.30. The predicted octanol–water partition coefficient (Wildman–Crippen LogP) is 0.876. The predicted molar refractivity (Wildman–Crippen MR) is 78.9 cm³/mol. The van der Waals surface area contributed by atoms with Gasteiger partial charge >= 0.3 is 0 Å². The third-order valence-electron chi connectivity index (χ3n) is 2.94. The first-order chi connectivity index (χ1) is 8.77. The Hall–Kier alpha value is -0.920. The minimum Gasteiger partial charge on any atom is -0.398 e. The van der Waals surface area contributed by atoms with Gasteiger partial charge in [0.1, 0.15) is 0 Å². The Balaban J connectivity index is 2.89. The molecule has 0 heterocycles. The van der Waals surface area contributed by atoms with E-state index in [9.17, 15) is 12.6 Å². The van der Waals surface area contributed by atoms with E-state index in [2.05, 4.69) is 4.72 Å². The summed E-state index contributed by atoms with van der Waals surface area (Å²) in [6, 6.07) is 4.70. The highest BCUT2D eigenvalue weighted by molar-refractivity contribution is 7.89. The highest BCUT2D eigenvalue weighted by Gasteiger charge is 2.17. The molecule has 0 saturated heterocycles. The lowest BCUT2D eigenvalue weighted by Crippen LogP contribution is -2.32. The Bertz CT molecular complexity index is 570. The van der Waals surface area contributed by atoms with Crippen LogP contribution in [0.15, 0.2) is 23.1 Å². The van der Waals surface area contributed by atoms with Crippen LogP contribution in [-0.2, 0) is 27.2 Å². The molecule has 2 unspecified atom stereocenters. The first kappa shape index (κ1) is 16.1. The fourth-order valence-electron chi connectivity index (χ4n) is 1.49. The molecule has 0 aliphatic rings. The molecule has 108 valence electrons. The molecular weight excluding hydrogens is 284 g/mol. The number of anilines is 1. The molecular formula is C12H20N2O3S2. The Kier molecular flexibility index (Phi) is 5.51. The Morgan fingerprint density at radius 3 is 2.53 bits per heavy atom. The molecule has 0 bridgehead atoms. The molecule has 2 atom stereocenters. The van der Waals surface area contributed by atoms with Crippen LogP contribution in [0.25, 0.3) is 0 Å². The lowest BCUT2D eigenvalue weighted by atomic mass is 10.1. The Labute approximate surface area is 117 Å². The van der Waals surface area contributed by atoms with E-state index in [0.29, 0.717) is 5.69 Å². The second-order valence-corrected chi connectivity index (χ2v) is 7.94. The monoisotopic (exact) mass is 304 g/mol. The number of sulfonamides is 1. The van der Waals surface area contributed by atoms with Crippen molar-refractivity contribution in [2.24, 2.45) is 0 Å². The number of nitrogens with one attached hydrogen (secondary N) is 1. The van der Waals surface area contributed by atoms with E-state index in [4.69, 9.17) is 5.73 Å². The van der Waals surface area contributed by atoms with Gasteiger partial charge in [0.15, 0.2) is 0 Å². The molecule has 19 heavy (non-hydrogen) atoms. The van der Waals surface area contributed by atoms with Crippen molar-refractivity contribution >= 4 is 26.5 Å². The number of hydrogen-bond acceptors (Lipinski definition) is 4. The molecule has 3 N–H and O–H groups in total. The van der Waals surface area contributed by atoms with E-state index in [1.807, 2.05) is 6.92 Å². The third kappa shape index (κ3) is 4.29. The van der Waals surface area contributed by atoms with E-state index in [-0.39, 0.29) is 16.7 Å². The van der Waals surface area contributed by atoms with Crippen molar-refractivity contribution in [2.75, 3.05) is 18.5 Å². The molecule has 0 saturated carbocycles. The average molecular weight is 304 g/mol. The van der Waals surface area contributed by atoms with Crippen LogP contribution in [0.4, 0.5) is 5.69 Å². The molecule has 0 aliphatic heterocycles. The summed E-state index contributed by atoms with van der Waals surface area (Å²) in [5.41, 5.74) is 7.18. The maximum absolute atomic E-state index is 12.0. The van der Waals surface area contributed by atoms with Gasteiger partial charge in [0.25, 0.3) is 0 Å². The van der Waals surface area contributed by atoms with Crippen LogP contribution in [0.2, 0.25) is 0 Å². The van der Waals surface area contributed by atoms with Crippen molar-refractivity contribution in [1.29, 1.82) is 0 Å². The maximum atomic E-state index is 12.0. The highest BCUT2D eigenvalue weighted by Crippen LogP contribution is 2.18. The number of nitrogen functional groups attached to an aromatic ring is 1. The van der Waals surface area contributed by atoms with Gasteiger partial charge in [-0.25, -0.2) is 13.1 Å². The van der Waals surface area contributed by atoms with Crippen LogP contribution in [0, 0.1) is 0 Å². The third-order valence-corrected chi connectivity index (χ3v) is 5.66. The standard InChI is InChI=1S/C12H20N2O3S2/c1-4-10-5-6-11(7-12(10)13)19(16,17)14-8-9(2)18(3)15/h5-7,9,14H,4,8,13H2,1-3H3. The lowest BCUT2D eigenvalue weighted by Gasteiger charge is -2.12. The van der Waals surface area contributed by atoms with Crippen LogP contribution in [0.3, 0.4) is 0 Å². The van der Waals surface area contributed by atoms with Crippen molar-refractivity contribution in [3.05, 3.63) is 23.8 Å². The van der Waals surface area contributed by atoms with Crippen molar-refractivity contribution in [2.45, 2.75) is 30.4 Å². The van der Waals surface area contributed by atoms with Crippen LogP contribution >= 0.6 is 0 Å². The molecule has 0 radical (unpaired) electrons. The molecule has 1 aromatic rings. The molecule has 0 aliphatic carbocycles. The number of nitrogens with two attached hydrogens (primary N) is 1. The van der Waals surface area contributed by atoms with Gasteiger partial charge in [-0.3, -0.25) is 4.21 Å². The zero-order valence-electron chi connectivity index (χ0n) is 11.3.